The zero-order chi connectivity index (χ0) is 18.5. The van der Waals surface area contributed by atoms with Gasteiger partial charge in [0.25, 0.3) is 0 Å². The maximum absolute atomic E-state index is 13.4. The number of halogens is 1. The number of ether oxygens (including phenoxy) is 2. The third kappa shape index (κ3) is 7.45. The molecule has 0 aliphatic rings. The van der Waals surface area contributed by atoms with Gasteiger partial charge in [-0.2, -0.15) is 0 Å². The number of hydrogen-bond donors (Lipinski definition) is 0. The van der Waals surface area contributed by atoms with Crippen molar-refractivity contribution in [2.24, 2.45) is 5.92 Å². The van der Waals surface area contributed by atoms with E-state index in [9.17, 15) is 4.39 Å². The van der Waals surface area contributed by atoms with E-state index in [0.29, 0.717) is 5.92 Å². The second kappa shape index (κ2) is 12.4. The van der Waals surface area contributed by atoms with E-state index in [0.717, 1.165) is 31.2 Å². The molecule has 0 heterocycles. The average molecular weight is 353 g/mol. The molecule has 1 aromatic carbocycles. The topological polar surface area (TPSA) is 18.5 Å². The van der Waals surface area contributed by atoms with E-state index in [4.69, 9.17) is 9.47 Å². The Bertz CT molecular complexity index is 449. The summed E-state index contributed by atoms with van der Waals surface area (Å²) in [4.78, 5) is 0. The van der Waals surface area contributed by atoms with E-state index < -0.39 is 5.79 Å². The molecule has 0 saturated carbocycles. The number of methoxy groups -OCH3 is 2. The monoisotopic (exact) mass is 352 g/mol. The Hall–Kier alpha value is -0.930. The smallest absolute Gasteiger partial charge is 0.170 e. The SMILES string of the molecule is CCCCCCCCC(CCc1cccc(F)c1)C(CC)(OC)OC. The Morgan fingerprint density at radius 3 is 2.24 bits per heavy atom. The fraction of sp³-hybridized carbons (Fsp3) is 0.727. The summed E-state index contributed by atoms with van der Waals surface area (Å²) in [6.07, 6.45) is 11.4. The van der Waals surface area contributed by atoms with Gasteiger partial charge in [-0.05, 0) is 43.4 Å². The van der Waals surface area contributed by atoms with E-state index in [-0.39, 0.29) is 5.82 Å². The lowest BCUT2D eigenvalue weighted by atomic mass is 9.85. The standard InChI is InChI=1S/C22H37FO2/c1-5-7-8-9-10-11-14-20(22(6-2,24-3)25-4)17-16-19-13-12-15-21(23)18-19/h12-13,15,18,20H,5-11,14,16-17H2,1-4H3. The molecule has 0 aromatic heterocycles. The van der Waals surface area contributed by atoms with Crippen molar-refractivity contribution in [1.82, 2.24) is 0 Å². The van der Waals surface area contributed by atoms with Crippen LogP contribution in [0.1, 0.15) is 77.2 Å². The van der Waals surface area contributed by atoms with Crippen molar-refractivity contribution in [2.75, 3.05) is 14.2 Å². The summed E-state index contributed by atoms with van der Waals surface area (Å²) in [6, 6.07) is 6.91. The van der Waals surface area contributed by atoms with Gasteiger partial charge in [0.15, 0.2) is 5.79 Å². The number of rotatable bonds is 14. The minimum atomic E-state index is -0.531. The highest BCUT2D eigenvalue weighted by Crippen LogP contribution is 2.34. The van der Waals surface area contributed by atoms with Crippen molar-refractivity contribution in [2.45, 2.75) is 83.8 Å². The van der Waals surface area contributed by atoms with E-state index in [1.54, 1.807) is 26.4 Å². The number of hydrogen-bond acceptors (Lipinski definition) is 2. The molecule has 2 nitrogen and oxygen atoms in total. The van der Waals surface area contributed by atoms with Crippen LogP contribution in [0.15, 0.2) is 24.3 Å². The molecule has 0 saturated heterocycles. The maximum Gasteiger partial charge on any atom is 0.170 e. The first kappa shape index (κ1) is 22.1. The van der Waals surface area contributed by atoms with Crippen LogP contribution in [0.25, 0.3) is 0 Å². The van der Waals surface area contributed by atoms with Crippen molar-refractivity contribution >= 4 is 0 Å². The van der Waals surface area contributed by atoms with Gasteiger partial charge in [0, 0.05) is 20.1 Å². The zero-order valence-electron chi connectivity index (χ0n) is 16.7. The Labute approximate surface area is 154 Å². The van der Waals surface area contributed by atoms with Crippen LogP contribution >= 0.6 is 0 Å². The van der Waals surface area contributed by atoms with Crippen LogP contribution in [-0.2, 0) is 15.9 Å². The summed E-state index contributed by atoms with van der Waals surface area (Å²) in [5, 5.41) is 0. The van der Waals surface area contributed by atoms with Crippen LogP contribution in [0, 0.1) is 11.7 Å². The molecule has 25 heavy (non-hydrogen) atoms. The first-order valence-electron chi connectivity index (χ1n) is 9.96. The molecular weight excluding hydrogens is 315 g/mol. The summed E-state index contributed by atoms with van der Waals surface area (Å²) in [6.45, 7) is 4.36. The molecule has 1 atom stereocenters. The third-order valence-corrected chi connectivity index (χ3v) is 5.38. The summed E-state index contributed by atoms with van der Waals surface area (Å²) in [7, 11) is 3.48. The predicted molar refractivity (Wildman–Crippen MR) is 103 cm³/mol. The molecule has 1 aromatic rings. The second-order valence-corrected chi connectivity index (χ2v) is 7.00. The summed E-state index contributed by atoms with van der Waals surface area (Å²) >= 11 is 0. The minimum absolute atomic E-state index is 0.162. The predicted octanol–water partition coefficient (Wildman–Crippen LogP) is 6.52. The fourth-order valence-electron chi connectivity index (χ4n) is 3.78. The molecule has 0 radical (unpaired) electrons. The summed E-state index contributed by atoms with van der Waals surface area (Å²) < 4.78 is 25.0. The normalized spacial score (nSPS) is 13.2. The molecule has 144 valence electrons. The van der Waals surface area contributed by atoms with Gasteiger partial charge in [0.1, 0.15) is 5.82 Å². The molecule has 3 heteroatoms. The first-order chi connectivity index (χ1) is 12.1. The highest BCUT2D eigenvalue weighted by atomic mass is 19.1. The lowest BCUT2D eigenvalue weighted by Crippen LogP contribution is -2.41. The van der Waals surface area contributed by atoms with E-state index in [1.165, 1.54) is 44.6 Å². The van der Waals surface area contributed by atoms with Gasteiger partial charge in [-0.1, -0.05) is 64.5 Å². The Morgan fingerprint density at radius 2 is 1.64 bits per heavy atom. The lowest BCUT2D eigenvalue weighted by molar-refractivity contribution is -0.244. The second-order valence-electron chi connectivity index (χ2n) is 7.00. The van der Waals surface area contributed by atoms with Crippen molar-refractivity contribution in [3.8, 4) is 0 Å². The highest BCUT2D eigenvalue weighted by Gasteiger charge is 2.36. The van der Waals surface area contributed by atoms with Gasteiger partial charge < -0.3 is 9.47 Å². The maximum atomic E-state index is 13.4. The van der Waals surface area contributed by atoms with Gasteiger partial charge in [-0.25, -0.2) is 4.39 Å². The number of unbranched alkanes of at least 4 members (excludes halogenated alkanes) is 5. The van der Waals surface area contributed by atoms with Crippen LogP contribution < -0.4 is 0 Å². The van der Waals surface area contributed by atoms with Gasteiger partial charge >= 0.3 is 0 Å². The Kier molecular flexibility index (Phi) is 11.0. The Balaban J connectivity index is 2.63. The van der Waals surface area contributed by atoms with Crippen molar-refractivity contribution in [3.05, 3.63) is 35.6 Å². The molecule has 0 bridgehead atoms. The van der Waals surface area contributed by atoms with E-state index in [1.807, 2.05) is 6.07 Å². The largest absolute Gasteiger partial charge is 0.353 e. The molecular formula is C22H37FO2. The first-order valence-corrected chi connectivity index (χ1v) is 9.96. The summed E-state index contributed by atoms with van der Waals surface area (Å²) in [5.41, 5.74) is 1.05. The highest BCUT2D eigenvalue weighted by molar-refractivity contribution is 5.16. The summed E-state index contributed by atoms with van der Waals surface area (Å²) in [5.74, 6) is -0.372. The van der Waals surface area contributed by atoms with Gasteiger partial charge in [0.05, 0.1) is 0 Å². The van der Waals surface area contributed by atoms with Gasteiger partial charge in [-0.3, -0.25) is 0 Å². The van der Waals surface area contributed by atoms with E-state index >= 15 is 0 Å². The van der Waals surface area contributed by atoms with E-state index in [2.05, 4.69) is 13.8 Å². The van der Waals surface area contributed by atoms with Crippen LogP contribution in [-0.4, -0.2) is 20.0 Å². The Morgan fingerprint density at radius 1 is 0.960 bits per heavy atom. The number of benzene rings is 1. The van der Waals surface area contributed by atoms with Crippen LogP contribution in [0.4, 0.5) is 4.39 Å². The quantitative estimate of drug-likeness (QED) is 0.280. The molecule has 0 N–H and O–H groups in total. The molecule has 0 amide bonds. The molecule has 1 unspecified atom stereocenters. The molecule has 0 aliphatic carbocycles. The molecule has 0 aliphatic heterocycles. The fourth-order valence-corrected chi connectivity index (χ4v) is 3.78. The lowest BCUT2D eigenvalue weighted by Gasteiger charge is -2.38. The molecule has 0 spiro atoms. The van der Waals surface area contributed by atoms with Crippen molar-refractivity contribution in [3.63, 3.8) is 0 Å². The van der Waals surface area contributed by atoms with Gasteiger partial charge in [-0.15, -0.1) is 0 Å². The van der Waals surface area contributed by atoms with Crippen LogP contribution in [0.2, 0.25) is 0 Å². The van der Waals surface area contributed by atoms with Crippen LogP contribution in [0.3, 0.4) is 0 Å². The van der Waals surface area contributed by atoms with Gasteiger partial charge in [0.2, 0.25) is 0 Å². The minimum Gasteiger partial charge on any atom is -0.353 e. The average Bonchev–Trinajstić information content (AvgIpc) is 2.63. The van der Waals surface area contributed by atoms with Crippen molar-refractivity contribution < 1.29 is 13.9 Å². The van der Waals surface area contributed by atoms with Crippen molar-refractivity contribution in [1.29, 1.82) is 0 Å². The van der Waals surface area contributed by atoms with Crippen LogP contribution in [0.5, 0.6) is 0 Å². The third-order valence-electron chi connectivity index (χ3n) is 5.38. The molecule has 1 rings (SSSR count). The number of aryl methyl sites for hydroxylation is 1. The molecule has 0 fully saturated rings. The zero-order valence-corrected chi connectivity index (χ0v) is 16.7.